The zero-order valence-electron chi connectivity index (χ0n) is 12.3. The van der Waals surface area contributed by atoms with Gasteiger partial charge in [-0.25, -0.2) is 0 Å². The maximum atomic E-state index is 11.2. The number of hydrogen-bond acceptors (Lipinski definition) is 1. The second kappa shape index (κ2) is 10.6. The largest absolute Gasteiger partial charge is 0.303 e. The minimum absolute atomic E-state index is 0.376. The Morgan fingerprint density at radius 1 is 0.944 bits per heavy atom. The summed E-state index contributed by atoms with van der Waals surface area (Å²) in [6.45, 7) is 2.26. The highest BCUT2D eigenvalue weighted by Crippen LogP contribution is 2.31. The fraction of sp³-hybridized carbons (Fsp3) is 0.941. The van der Waals surface area contributed by atoms with Crippen LogP contribution in [0.25, 0.3) is 0 Å². The molecule has 0 heterocycles. The van der Waals surface area contributed by atoms with E-state index in [1.165, 1.54) is 83.3 Å². The molecule has 1 aliphatic carbocycles. The van der Waals surface area contributed by atoms with E-state index >= 15 is 0 Å². The zero-order chi connectivity index (χ0) is 13.1. The van der Waals surface area contributed by atoms with Crippen LogP contribution < -0.4 is 0 Å². The average Bonchev–Trinajstić information content (AvgIpc) is 2.43. The molecule has 0 aromatic carbocycles. The molecule has 1 rings (SSSR count). The first-order valence-corrected chi connectivity index (χ1v) is 8.33. The van der Waals surface area contributed by atoms with Crippen molar-refractivity contribution in [2.75, 3.05) is 0 Å². The van der Waals surface area contributed by atoms with Crippen molar-refractivity contribution >= 4 is 6.29 Å². The van der Waals surface area contributed by atoms with Crippen LogP contribution >= 0.6 is 0 Å². The fourth-order valence-corrected chi connectivity index (χ4v) is 3.31. The van der Waals surface area contributed by atoms with Gasteiger partial charge in [0.25, 0.3) is 0 Å². The molecule has 18 heavy (non-hydrogen) atoms. The molecule has 0 spiro atoms. The maximum absolute atomic E-state index is 11.2. The second-order valence-corrected chi connectivity index (χ2v) is 6.11. The molecule has 0 saturated heterocycles. The zero-order valence-corrected chi connectivity index (χ0v) is 12.3. The molecular weight excluding hydrogens is 220 g/mol. The van der Waals surface area contributed by atoms with Crippen molar-refractivity contribution in [3.8, 4) is 0 Å². The number of carbonyl (C=O) groups excluding carboxylic acids is 1. The lowest BCUT2D eigenvalue weighted by Gasteiger charge is -2.26. The second-order valence-electron chi connectivity index (χ2n) is 6.11. The van der Waals surface area contributed by atoms with E-state index in [-0.39, 0.29) is 0 Å². The first-order chi connectivity index (χ1) is 8.88. The van der Waals surface area contributed by atoms with Gasteiger partial charge in [0.05, 0.1) is 0 Å². The van der Waals surface area contributed by atoms with Crippen LogP contribution in [0, 0.1) is 11.8 Å². The molecule has 1 atom stereocenters. The first-order valence-electron chi connectivity index (χ1n) is 8.33. The molecule has 0 aliphatic heterocycles. The lowest BCUT2D eigenvalue weighted by Crippen LogP contribution is -2.19. The van der Waals surface area contributed by atoms with E-state index in [4.69, 9.17) is 0 Å². The van der Waals surface area contributed by atoms with Crippen LogP contribution in [-0.2, 0) is 4.79 Å². The lowest BCUT2D eigenvalue weighted by atomic mass is 9.78. The van der Waals surface area contributed by atoms with Gasteiger partial charge in [-0.1, -0.05) is 71.1 Å². The summed E-state index contributed by atoms with van der Waals surface area (Å²) in [5.74, 6) is 1.09. The van der Waals surface area contributed by atoms with Crippen molar-refractivity contribution in [2.24, 2.45) is 11.8 Å². The lowest BCUT2D eigenvalue weighted by molar-refractivity contribution is -0.113. The van der Waals surface area contributed by atoms with Gasteiger partial charge >= 0.3 is 0 Å². The summed E-state index contributed by atoms with van der Waals surface area (Å²) < 4.78 is 0. The third kappa shape index (κ3) is 6.56. The third-order valence-corrected chi connectivity index (χ3v) is 4.57. The molecule has 0 N–H and O–H groups in total. The molecule has 0 aromatic heterocycles. The molecule has 0 aromatic rings. The molecule has 1 heteroatoms. The van der Waals surface area contributed by atoms with Crippen molar-refractivity contribution in [3.63, 3.8) is 0 Å². The fourth-order valence-electron chi connectivity index (χ4n) is 3.31. The van der Waals surface area contributed by atoms with E-state index < -0.39 is 0 Å². The SMILES string of the molecule is CCCCCCCCCC(C=O)C1CCCCC1. The Morgan fingerprint density at radius 2 is 1.56 bits per heavy atom. The topological polar surface area (TPSA) is 17.1 Å². The van der Waals surface area contributed by atoms with Crippen molar-refractivity contribution in [1.82, 2.24) is 0 Å². The molecule has 0 amide bonds. The molecule has 0 bridgehead atoms. The minimum atomic E-state index is 0.376. The van der Waals surface area contributed by atoms with Gasteiger partial charge in [-0.15, -0.1) is 0 Å². The molecule has 106 valence electrons. The van der Waals surface area contributed by atoms with E-state index in [0.717, 1.165) is 12.3 Å². The Labute approximate surface area is 114 Å². The normalized spacial score (nSPS) is 18.7. The van der Waals surface area contributed by atoms with Crippen molar-refractivity contribution in [1.29, 1.82) is 0 Å². The van der Waals surface area contributed by atoms with Gasteiger partial charge < -0.3 is 4.79 Å². The summed E-state index contributed by atoms with van der Waals surface area (Å²) in [5.41, 5.74) is 0. The predicted molar refractivity (Wildman–Crippen MR) is 78.7 cm³/mol. The Morgan fingerprint density at radius 3 is 2.17 bits per heavy atom. The number of aldehydes is 1. The van der Waals surface area contributed by atoms with Crippen LogP contribution in [0.1, 0.15) is 90.4 Å². The first kappa shape index (κ1) is 15.7. The third-order valence-electron chi connectivity index (χ3n) is 4.57. The van der Waals surface area contributed by atoms with Gasteiger partial charge in [0.1, 0.15) is 6.29 Å². The average molecular weight is 252 g/mol. The number of hydrogen-bond donors (Lipinski definition) is 0. The van der Waals surface area contributed by atoms with Crippen molar-refractivity contribution < 1.29 is 4.79 Å². The van der Waals surface area contributed by atoms with E-state index in [9.17, 15) is 4.79 Å². The van der Waals surface area contributed by atoms with Crippen LogP contribution in [-0.4, -0.2) is 6.29 Å². The summed E-state index contributed by atoms with van der Waals surface area (Å²) in [6, 6.07) is 0. The van der Waals surface area contributed by atoms with Crippen LogP contribution in [0.2, 0.25) is 0 Å². The summed E-state index contributed by atoms with van der Waals surface area (Å²) >= 11 is 0. The van der Waals surface area contributed by atoms with E-state index in [1.807, 2.05) is 0 Å². The van der Waals surface area contributed by atoms with Crippen molar-refractivity contribution in [2.45, 2.75) is 90.4 Å². The Bertz CT molecular complexity index is 194. The predicted octanol–water partition coefficient (Wildman–Crippen LogP) is 5.52. The van der Waals surface area contributed by atoms with Crippen LogP contribution in [0.15, 0.2) is 0 Å². The van der Waals surface area contributed by atoms with E-state index in [0.29, 0.717) is 5.92 Å². The minimum Gasteiger partial charge on any atom is -0.303 e. The molecule has 1 saturated carbocycles. The number of unbranched alkanes of at least 4 members (excludes halogenated alkanes) is 6. The van der Waals surface area contributed by atoms with E-state index in [1.54, 1.807) is 0 Å². The molecule has 1 aliphatic rings. The van der Waals surface area contributed by atoms with E-state index in [2.05, 4.69) is 6.92 Å². The molecule has 0 radical (unpaired) electrons. The molecule has 1 unspecified atom stereocenters. The quantitative estimate of drug-likeness (QED) is 0.369. The van der Waals surface area contributed by atoms with Crippen LogP contribution in [0.5, 0.6) is 0 Å². The standard InChI is InChI=1S/C17H32O/c1-2-3-4-5-6-7-9-14-17(15-18)16-12-10-8-11-13-16/h15-17H,2-14H2,1H3. The highest BCUT2D eigenvalue weighted by atomic mass is 16.1. The monoisotopic (exact) mass is 252 g/mol. The Kier molecular flexibility index (Phi) is 9.24. The summed E-state index contributed by atoms with van der Waals surface area (Å²) in [5, 5.41) is 0. The van der Waals surface area contributed by atoms with Crippen LogP contribution in [0.4, 0.5) is 0 Å². The van der Waals surface area contributed by atoms with Gasteiger partial charge in [0.15, 0.2) is 0 Å². The summed E-state index contributed by atoms with van der Waals surface area (Å²) in [7, 11) is 0. The van der Waals surface area contributed by atoms with Gasteiger partial charge in [0, 0.05) is 5.92 Å². The molecular formula is C17H32O. The number of carbonyl (C=O) groups is 1. The smallest absolute Gasteiger partial charge is 0.123 e. The molecule has 1 nitrogen and oxygen atoms in total. The highest BCUT2D eigenvalue weighted by molar-refractivity contribution is 5.53. The number of rotatable bonds is 10. The summed E-state index contributed by atoms with van der Waals surface area (Å²) in [4.78, 5) is 11.2. The summed E-state index contributed by atoms with van der Waals surface area (Å²) in [6.07, 6.45) is 18.6. The van der Waals surface area contributed by atoms with Gasteiger partial charge in [0.2, 0.25) is 0 Å². The van der Waals surface area contributed by atoms with Crippen LogP contribution in [0.3, 0.4) is 0 Å². The van der Waals surface area contributed by atoms with Gasteiger partial charge in [-0.05, 0) is 25.2 Å². The Hall–Kier alpha value is -0.330. The Balaban J connectivity index is 2.02. The van der Waals surface area contributed by atoms with Crippen molar-refractivity contribution in [3.05, 3.63) is 0 Å². The van der Waals surface area contributed by atoms with Gasteiger partial charge in [-0.2, -0.15) is 0 Å². The maximum Gasteiger partial charge on any atom is 0.123 e. The highest BCUT2D eigenvalue weighted by Gasteiger charge is 2.22. The van der Waals surface area contributed by atoms with Gasteiger partial charge in [-0.3, -0.25) is 0 Å². The molecule has 1 fully saturated rings.